The quantitative estimate of drug-likeness (QED) is 0.820. The van der Waals surface area contributed by atoms with E-state index < -0.39 is 24.2 Å². The van der Waals surface area contributed by atoms with Crippen molar-refractivity contribution in [1.82, 2.24) is 14.7 Å². The minimum atomic E-state index is -4.22. The maximum atomic E-state index is 12.6. The summed E-state index contributed by atoms with van der Waals surface area (Å²) in [6.45, 7) is 2.16. The average molecular weight is 365 g/mol. The van der Waals surface area contributed by atoms with Crippen molar-refractivity contribution in [2.75, 3.05) is 32.7 Å². The molecule has 10 heteroatoms. The van der Waals surface area contributed by atoms with Crippen LogP contribution in [0.1, 0.15) is 26.2 Å². The van der Waals surface area contributed by atoms with Crippen LogP contribution in [0.3, 0.4) is 0 Å². The molecule has 0 aliphatic carbocycles. The van der Waals surface area contributed by atoms with Crippen molar-refractivity contribution in [2.45, 2.75) is 38.4 Å². The van der Waals surface area contributed by atoms with Gasteiger partial charge in [0.1, 0.15) is 6.04 Å². The second-order valence-corrected chi connectivity index (χ2v) is 6.42. The molecule has 0 aromatic heterocycles. The molecule has 0 saturated carbocycles. The lowest BCUT2D eigenvalue weighted by Crippen LogP contribution is -2.57. The summed E-state index contributed by atoms with van der Waals surface area (Å²) in [5.74, 6) is -2.00. The summed E-state index contributed by atoms with van der Waals surface area (Å²) in [4.78, 5) is 39.2. The lowest BCUT2D eigenvalue weighted by atomic mass is 9.96. The number of piperidine rings is 1. The summed E-state index contributed by atoms with van der Waals surface area (Å²) in [5.41, 5.74) is 0. The van der Waals surface area contributed by atoms with Crippen LogP contribution in [0.4, 0.5) is 18.0 Å². The van der Waals surface area contributed by atoms with E-state index in [-0.39, 0.29) is 63.8 Å². The Morgan fingerprint density at radius 3 is 2.28 bits per heavy atom. The smallest absolute Gasteiger partial charge is 0.408 e. The first-order valence-electron chi connectivity index (χ1n) is 8.24. The lowest BCUT2D eigenvalue weighted by molar-refractivity contribution is -0.186. The van der Waals surface area contributed by atoms with Gasteiger partial charge in [0.15, 0.2) is 0 Å². The standard InChI is InChI=1S/C15H22F3N3O4/c1-10-13(23)20(8-9-21(10)14(24)25)7-4-12(22)19-5-2-11(3-6-19)15(16,17)18/h10-11H,2-9H2,1H3,(H,24,25). The van der Waals surface area contributed by atoms with Crippen LogP contribution < -0.4 is 0 Å². The molecule has 2 aliphatic rings. The Labute approximate surface area is 143 Å². The van der Waals surface area contributed by atoms with E-state index in [2.05, 4.69) is 0 Å². The fraction of sp³-hybridized carbons (Fsp3) is 0.800. The number of piperazine rings is 1. The molecule has 1 atom stereocenters. The maximum Gasteiger partial charge on any atom is 0.408 e. The Morgan fingerprint density at radius 1 is 1.16 bits per heavy atom. The van der Waals surface area contributed by atoms with Gasteiger partial charge in [0, 0.05) is 39.1 Å². The Balaban J connectivity index is 1.79. The monoisotopic (exact) mass is 365 g/mol. The number of rotatable bonds is 3. The minimum Gasteiger partial charge on any atom is -0.465 e. The highest BCUT2D eigenvalue weighted by molar-refractivity contribution is 5.86. The number of carboxylic acid groups (broad SMARTS) is 1. The topological polar surface area (TPSA) is 81.2 Å². The third kappa shape index (κ3) is 4.55. The fourth-order valence-corrected chi connectivity index (χ4v) is 3.26. The molecule has 1 unspecified atom stereocenters. The molecule has 0 aromatic carbocycles. The first kappa shape index (κ1) is 19.3. The minimum absolute atomic E-state index is 0.0300. The molecule has 0 radical (unpaired) electrons. The number of hydrogen-bond donors (Lipinski definition) is 1. The Morgan fingerprint density at radius 2 is 1.76 bits per heavy atom. The molecular weight excluding hydrogens is 343 g/mol. The number of carbonyl (C=O) groups excluding carboxylic acids is 2. The van der Waals surface area contributed by atoms with E-state index in [1.54, 1.807) is 0 Å². The van der Waals surface area contributed by atoms with Gasteiger partial charge in [0.25, 0.3) is 0 Å². The van der Waals surface area contributed by atoms with Crippen LogP contribution in [0.5, 0.6) is 0 Å². The Bertz CT molecular complexity index is 533. The highest BCUT2D eigenvalue weighted by atomic mass is 19.4. The Kier molecular flexibility index (Phi) is 5.79. The van der Waals surface area contributed by atoms with Crippen molar-refractivity contribution in [3.63, 3.8) is 0 Å². The van der Waals surface area contributed by atoms with Crippen LogP contribution in [0.15, 0.2) is 0 Å². The second-order valence-electron chi connectivity index (χ2n) is 6.42. The summed E-state index contributed by atoms with van der Waals surface area (Å²) in [6, 6.07) is -0.802. The first-order valence-corrected chi connectivity index (χ1v) is 8.24. The van der Waals surface area contributed by atoms with Crippen LogP contribution in [-0.2, 0) is 9.59 Å². The van der Waals surface area contributed by atoms with Crippen molar-refractivity contribution in [1.29, 1.82) is 0 Å². The normalized spacial score (nSPS) is 23.1. The largest absolute Gasteiger partial charge is 0.465 e. The van der Waals surface area contributed by atoms with Crippen molar-refractivity contribution in [3.8, 4) is 0 Å². The zero-order valence-corrected chi connectivity index (χ0v) is 14.0. The molecule has 25 heavy (non-hydrogen) atoms. The van der Waals surface area contributed by atoms with Crippen molar-refractivity contribution in [3.05, 3.63) is 0 Å². The van der Waals surface area contributed by atoms with Gasteiger partial charge < -0.3 is 14.9 Å². The van der Waals surface area contributed by atoms with E-state index in [1.165, 1.54) is 16.7 Å². The predicted octanol–water partition coefficient (Wildman–Crippen LogP) is 1.39. The van der Waals surface area contributed by atoms with Gasteiger partial charge in [0.05, 0.1) is 5.92 Å². The van der Waals surface area contributed by atoms with Gasteiger partial charge in [-0.25, -0.2) is 4.79 Å². The van der Waals surface area contributed by atoms with Gasteiger partial charge in [-0.3, -0.25) is 14.5 Å². The summed E-state index contributed by atoms with van der Waals surface area (Å²) in [6.07, 6.45) is -5.54. The SMILES string of the molecule is CC1C(=O)N(CCC(=O)N2CCC(C(F)(F)F)CC2)CCN1C(=O)O. The maximum absolute atomic E-state index is 12.6. The van der Waals surface area contributed by atoms with Gasteiger partial charge in [-0.05, 0) is 19.8 Å². The highest BCUT2D eigenvalue weighted by Gasteiger charge is 2.41. The van der Waals surface area contributed by atoms with Crippen molar-refractivity contribution < 1.29 is 32.7 Å². The molecule has 3 amide bonds. The lowest BCUT2D eigenvalue weighted by Gasteiger charge is -2.38. The average Bonchev–Trinajstić information content (AvgIpc) is 2.55. The molecule has 0 aromatic rings. The summed E-state index contributed by atoms with van der Waals surface area (Å²) in [5, 5.41) is 8.99. The van der Waals surface area contributed by atoms with Crippen LogP contribution in [0.25, 0.3) is 0 Å². The number of amides is 3. The Hall–Kier alpha value is -2.00. The molecule has 2 fully saturated rings. The number of likely N-dealkylation sites (tertiary alicyclic amines) is 1. The highest BCUT2D eigenvalue weighted by Crippen LogP contribution is 2.34. The van der Waals surface area contributed by atoms with Crippen molar-refractivity contribution in [2.24, 2.45) is 5.92 Å². The van der Waals surface area contributed by atoms with Gasteiger partial charge in [-0.1, -0.05) is 0 Å². The number of nitrogens with zero attached hydrogens (tertiary/aromatic N) is 3. The third-order valence-corrected chi connectivity index (χ3v) is 4.90. The molecule has 142 valence electrons. The van der Waals surface area contributed by atoms with Gasteiger partial charge in [0.2, 0.25) is 11.8 Å². The first-order chi connectivity index (χ1) is 11.6. The van der Waals surface area contributed by atoms with E-state index in [1.807, 2.05) is 0 Å². The molecule has 2 saturated heterocycles. The van der Waals surface area contributed by atoms with Crippen LogP contribution >= 0.6 is 0 Å². The van der Waals surface area contributed by atoms with E-state index in [9.17, 15) is 27.6 Å². The molecule has 2 aliphatic heterocycles. The molecular formula is C15H22F3N3O4. The molecule has 0 spiro atoms. The molecule has 0 bridgehead atoms. The number of alkyl halides is 3. The summed E-state index contributed by atoms with van der Waals surface area (Å²) >= 11 is 0. The molecule has 2 heterocycles. The van der Waals surface area contributed by atoms with Crippen LogP contribution in [0.2, 0.25) is 0 Å². The van der Waals surface area contributed by atoms with E-state index in [0.717, 1.165) is 4.90 Å². The summed E-state index contributed by atoms with van der Waals surface area (Å²) in [7, 11) is 0. The zero-order chi connectivity index (χ0) is 18.8. The van der Waals surface area contributed by atoms with E-state index >= 15 is 0 Å². The third-order valence-electron chi connectivity index (χ3n) is 4.90. The fourth-order valence-electron chi connectivity index (χ4n) is 3.26. The number of hydrogen-bond acceptors (Lipinski definition) is 3. The zero-order valence-electron chi connectivity index (χ0n) is 14.0. The predicted molar refractivity (Wildman–Crippen MR) is 80.7 cm³/mol. The number of halogens is 3. The van der Waals surface area contributed by atoms with E-state index in [0.29, 0.717) is 0 Å². The summed E-state index contributed by atoms with van der Waals surface area (Å²) < 4.78 is 37.9. The number of carbonyl (C=O) groups is 3. The molecule has 2 rings (SSSR count). The molecule has 7 nitrogen and oxygen atoms in total. The second kappa shape index (κ2) is 7.49. The molecule has 1 N–H and O–H groups in total. The van der Waals surface area contributed by atoms with Gasteiger partial charge in [-0.2, -0.15) is 13.2 Å². The van der Waals surface area contributed by atoms with Crippen LogP contribution in [-0.4, -0.2) is 82.7 Å². The van der Waals surface area contributed by atoms with Gasteiger partial charge in [-0.15, -0.1) is 0 Å². The van der Waals surface area contributed by atoms with Crippen molar-refractivity contribution >= 4 is 17.9 Å². The van der Waals surface area contributed by atoms with Gasteiger partial charge >= 0.3 is 12.3 Å². The van der Waals surface area contributed by atoms with E-state index in [4.69, 9.17) is 5.11 Å². The van der Waals surface area contributed by atoms with Crippen LogP contribution in [0, 0.1) is 5.92 Å².